The molecule has 1 heterocycles. The molecule has 1 atom stereocenters. The van der Waals surface area contributed by atoms with E-state index in [0.29, 0.717) is 25.5 Å². The first-order chi connectivity index (χ1) is 7.18. The molecule has 1 unspecified atom stereocenters. The van der Waals surface area contributed by atoms with Gasteiger partial charge in [0.15, 0.2) is 0 Å². The smallest absolute Gasteiger partial charge is 0.231 e. The van der Waals surface area contributed by atoms with Crippen molar-refractivity contribution in [2.75, 3.05) is 25.6 Å². The Balaban J connectivity index is 2.03. The molecule has 1 aromatic rings. The minimum Gasteiger partial charge on any atom is -0.460 e. The van der Waals surface area contributed by atoms with Crippen LogP contribution in [0.4, 0.5) is 5.69 Å². The predicted octanol–water partition coefficient (Wildman–Crippen LogP) is 1.41. The third-order valence-electron chi connectivity index (χ3n) is 2.21. The number of hydrogen-bond donors (Lipinski definition) is 1. The SMILES string of the molecule is CC1(Oc2ccc(N)cc2)COCCO1. The van der Waals surface area contributed by atoms with Gasteiger partial charge >= 0.3 is 0 Å². The predicted molar refractivity (Wildman–Crippen MR) is 56.7 cm³/mol. The van der Waals surface area contributed by atoms with Gasteiger partial charge in [0.05, 0.1) is 13.2 Å². The first kappa shape index (κ1) is 10.3. The molecule has 2 rings (SSSR count). The molecule has 0 bridgehead atoms. The molecular weight excluding hydrogens is 194 g/mol. The van der Waals surface area contributed by atoms with E-state index in [4.69, 9.17) is 19.9 Å². The molecule has 0 amide bonds. The van der Waals surface area contributed by atoms with E-state index in [1.807, 2.05) is 19.1 Å². The molecule has 1 aromatic carbocycles. The fourth-order valence-electron chi connectivity index (χ4n) is 1.46. The quantitative estimate of drug-likeness (QED) is 0.748. The molecule has 15 heavy (non-hydrogen) atoms. The summed E-state index contributed by atoms with van der Waals surface area (Å²) in [5.41, 5.74) is 6.30. The Morgan fingerprint density at radius 1 is 1.27 bits per heavy atom. The minimum absolute atomic E-state index is 0.442. The molecular formula is C11H15NO3. The molecule has 1 aliphatic rings. The molecule has 82 valence electrons. The summed E-state index contributed by atoms with van der Waals surface area (Å²) in [5.74, 6) is 0.0474. The topological polar surface area (TPSA) is 53.7 Å². The number of rotatable bonds is 2. The maximum atomic E-state index is 5.70. The minimum atomic E-state index is -0.686. The van der Waals surface area contributed by atoms with Crippen LogP contribution in [0.2, 0.25) is 0 Å². The largest absolute Gasteiger partial charge is 0.460 e. The number of hydrogen-bond acceptors (Lipinski definition) is 4. The summed E-state index contributed by atoms with van der Waals surface area (Å²) < 4.78 is 16.5. The lowest BCUT2D eigenvalue weighted by atomic mass is 10.3. The summed E-state index contributed by atoms with van der Waals surface area (Å²) in [6.45, 7) is 3.49. The van der Waals surface area contributed by atoms with Crippen molar-refractivity contribution in [2.24, 2.45) is 0 Å². The van der Waals surface area contributed by atoms with Gasteiger partial charge in [0.2, 0.25) is 5.79 Å². The van der Waals surface area contributed by atoms with Crippen molar-refractivity contribution >= 4 is 5.69 Å². The molecule has 0 saturated carbocycles. The van der Waals surface area contributed by atoms with Crippen molar-refractivity contribution in [3.05, 3.63) is 24.3 Å². The summed E-state index contributed by atoms with van der Waals surface area (Å²) in [6, 6.07) is 7.22. The maximum absolute atomic E-state index is 5.70. The summed E-state index contributed by atoms with van der Waals surface area (Å²) >= 11 is 0. The number of ether oxygens (including phenoxy) is 3. The van der Waals surface area contributed by atoms with Gasteiger partial charge in [-0.1, -0.05) is 0 Å². The van der Waals surface area contributed by atoms with Gasteiger partial charge in [-0.3, -0.25) is 0 Å². The van der Waals surface area contributed by atoms with Crippen LogP contribution in [-0.4, -0.2) is 25.6 Å². The van der Waals surface area contributed by atoms with E-state index in [1.165, 1.54) is 0 Å². The van der Waals surface area contributed by atoms with Crippen LogP contribution in [0.5, 0.6) is 5.75 Å². The average molecular weight is 209 g/mol. The van der Waals surface area contributed by atoms with Crippen LogP contribution >= 0.6 is 0 Å². The van der Waals surface area contributed by atoms with Crippen molar-refractivity contribution in [3.63, 3.8) is 0 Å². The molecule has 0 radical (unpaired) electrons. The highest BCUT2D eigenvalue weighted by Crippen LogP contribution is 2.22. The van der Waals surface area contributed by atoms with Gasteiger partial charge in [-0.25, -0.2) is 0 Å². The molecule has 0 spiro atoms. The van der Waals surface area contributed by atoms with Crippen LogP contribution < -0.4 is 10.5 Å². The fraction of sp³-hybridized carbons (Fsp3) is 0.455. The Hall–Kier alpha value is -1.26. The number of nitrogen functional groups attached to an aromatic ring is 1. The molecule has 0 aromatic heterocycles. The second kappa shape index (κ2) is 4.08. The van der Waals surface area contributed by atoms with Crippen LogP contribution in [0.15, 0.2) is 24.3 Å². The Kier molecular flexibility index (Phi) is 2.79. The summed E-state index contributed by atoms with van der Waals surface area (Å²) in [7, 11) is 0. The molecule has 1 saturated heterocycles. The van der Waals surface area contributed by atoms with E-state index < -0.39 is 5.79 Å². The summed E-state index contributed by atoms with van der Waals surface area (Å²) in [4.78, 5) is 0. The zero-order valence-corrected chi connectivity index (χ0v) is 8.73. The van der Waals surface area contributed by atoms with Crippen molar-refractivity contribution in [2.45, 2.75) is 12.7 Å². The Labute approximate surface area is 88.9 Å². The van der Waals surface area contributed by atoms with Crippen molar-refractivity contribution in [1.29, 1.82) is 0 Å². The second-order valence-electron chi connectivity index (χ2n) is 3.71. The monoisotopic (exact) mass is 209 g/mol. The highest BCUT2D eigenvalue weighted by Gasteiger charge is 2.30. The fourth-order valence-corrected chi connectivity index (χ4v) is 1.46. The number of benzene rings is 1. The van der Waals surface area contributed by atoms with Crippen molar-refractivity contribution in [3.8, 4) is 5.75 Å². The highest BCUT2D eigenvalue weighted by molar-refractivity contribution is 5.41. The van der Waals surface area contributed by atoms with Gasteiger partial charge in [-0.05, 0) is 24.3 Å². The molecule has 4 heteroatoms. The third-order valence-corrected chi connectivity index (χ3v) is 2.21. The number of anilines is 1. The van der Waals surface area contributed by atoms with Gasteiger partial charge in [0.1, 0.15) is 12.4 Å². The van der Waals surface area contributed by atoms with E-state index in [0.717, 1.165) is 5.75 Å². The van der Waals surface area contributed by atoms with E-state index in [-0.39, 0.29) is 0 Å². The van der Waals surface area contributed by atoms with E-state index in [2.05, 4.69) is 0 Å². The van der Waals surface area contributed by atoms with Gasteiger partial charge in [0.25, 0.3) is 0 Å². The lowest BCUT2D eigenvalue weighted by molar-refractivity contribution is -0.242. The maximum Gasteiger partial charge on any atom is 0.231 e. The zero-order chi connectivity index (χ0) is 10.7. The van der Waals surface area contributed by atoms with Crippen LogP contribution in [0.1, 0.15) is 6.92 Å². The number of nitrogens with two attached hydrogens (primary N) is 1. The average Bonchev–Trinajstić information content (AvgIpc) is 2.22. The normalized spacial score (nSPS) is 26.2. The van der Waals surface area contributed by atoms with Gasteiger partial charge in [-0.15, -0.1) is 0 Å². The van der Waals surface area contributed by atoms with Gasteiger partial charge < -0.3 is 19.9 Å². The van der Waals surface area contributed by atoms with Crippen LogP contribution in [-0.2, 0) is 9.47 Å². The molecule has 1 fully saturated rings. The third kappa shape index (κ3) is 2.61. The Bertz CT molecular complexity index is 317. The van der Waals surface area contributed by atoms with Crippen LogP contribution in [0.3, 0.4) is 0 Å². The molecule has 0 aliphatic carbocycles. The lowest BCUT2D eigenvalue weighted by Gasteiger charge is -2.33. The molecule has 2 N–H and O–H groups in total. The van der Waals surface area contributed by atoms with Gasteiger partial charge in [-0.2, -0.15) is 0 Å². The summed E-state index contributed by atoms with van der Waals surface area (Å²) in [5, 5.41) is 0. The summed E-state index contributed by atoms with van der Waals surface area (Å²) in [6.07, 6.45) is 0. The zero-order valence-electron chi connectivity index (χ0n) is 8.73. The highest BCUT2D eigenvalue weighted by atomic mass is 16.7. The van der Waals surface area contributed by atoms with Crippen molar-refractivity contribution < 1.29 is 14.2 Å². The van der Waals surface area contributed by atoms with Crippen LogP contribution in [0.25, 0.3) is 0 Å². The molecule has 1 aliphatic heterocycles. The first-order valence-corrected chi connectivity index (χ1v) is 4.94. The lowest BCUT2D eigenvalue weighted by Crippen LogP contribution is -2.45. The van der Waals surface area contributed by atoms with Gasteiger partial charge in [0, 0.05) is 12.6 Å². The molecule has 4 nitrogen and oxygen atoms in total. The Morgan fingerprint density at radius 2 is 2.00 bits per heavy atom. The Morgan fingerprint density at radius 3 is 2.60 bits per heavy atom. The van der Waals surface area contributed by atoms with Crippen LogP contribution in [0, 0.1) is 0 Å². The van der Waals surface area contributed by atoms with E-state index in [9.17, 15) is 0 Å². The second-order valence-corrected chi connectivity index (χ2v) is 3.71. The van der Waals surface area contributed by atoms with E-state index in [1.54, 1.807) is 12.1 Å². The van der Waals surface area contributed by atoms with E-state index >= 15 is 0 Å². The standard InChI is InChI=1S/C11H15NO3/c1-11(8-13-6-7-14-11)15-10-4-2-9(12)3-5-10/h2-5H,6-8,12H2,1H3. The van der Waals surface area contributed by atoms with Crippen molar-refractivity contribution in [1.82, 2.24) is 0 Å². The first-order valence-electron chi connectivity index (χ1n) is 4.94.